The third kappa shape index (κ3) is 2.25. The van der Waals surface area contributed by atoms with E-state index in [1.165, 1.54) is 7.11 Å². The van der Waals surface area contributed by atoms with Gasteiger partial charge in [-0.3, -0.25) is 9.79 Å². The molecule has 0 saturated heterocycles. The van der Waals surface area contributed by atoms with E-state index in [4.69, 9.17) is 4.74 Å². The maximum Gasteiger partial charge on any atom is 0.250 e. The van der Waals surface area contributed by atoms with Crippen LogP contribution in [0, 0.1) is 5.92 Å². The fraction of sp³-hybridized carbons (Fsp3) is 0.455. The monoisotopic (exact) mass is 234 g/mol. The molecule has 1 aliphatic heterocycles. The van der Waals surface area contributed by atoms with Gasteiger partial charge in [0, 0.05) is 6.07 Å². The van der Waals surface area contributed by atoms with Crippen LogP contribution in [0.3, 0.4) is 0 Å². The second kappa shape index (κ2) is 4.48. The summed E-state index contributed by atoms with van der Waals surface area (Å²) in [5, 5.41) is 10.5. The van der Waals surface area contributed by atoms with Crippen molar-refractivity contribution >= 4 is 11.7 Å². The maximum atomic E-state index is 11.6. The number of carbonyl (C=O) groups excluding carboxylic acids is 1. The number of amides is 1. The first-order chi connectivity index (χ1) is 8.11. The standard InChI is InChI=1S/C11H14N4O2/c1-6(2)9-11(16)13-10(12-9)7-4-5-8(17-3)15-14-7/h4-6,9H,1-3H3,(H,12,13,16). The average Bonchev–Trinajstić information content (AvgIpc) is 2.71. The number of aliphatic imine (C=N–C) groups is 1. The molecule has 2 rings (SSSR count). The number of aromatic nitrogens is 2. The van der Waals surface area contributed by atoms with Crippen molar-refractivity contribution in [1.29, 1.82) is 0 Å². The first kappa shape index (κ1) is 11.5. The van der Waals surface area contributed by atoms with E-state index in [1.54, 1.807) is 12.1 Å². The van der Waals surface area contributed by atoms with E-state index in [1.807, 2.05) is 13.8 Å². The highest BCUT2D eigenvalue weighted by atomic mass is 16.5. The van der Waals surface area contributed by atoms with Crippen molar-refractivity contribution in [3.63, 3.8) is 0 Å². The molecule has 1 aromatic heterocycles. The van der Waals surface area contributed by atoms with Gasteiger partial charge in [-0.25, -0.2) is 0 Å². The molecule has 2 heterocycles. The summed E-state index contributed by atoms with van der Waals surface area (Å²) in [4.78, 5) is 15.9. The van der Waals surface area contributed by atoms with Crippen LogP contribution in [0.5, 0.6) is 5.88 Å². The van der Waals surface area contributed by atoms with Gasteiger partial charge in [0.05, 0.1) is 7.11 Å². The number of carbonyl (C=O) groups is 1. The summed E-state index contributed by atoms with van der Waals surface area (Å²) < 4.78 is 4.91. The molecule has 0 bridgehead atoms. The predicted molar refractivity (Wildman–Crippen MR) is 61.9 cm³/mol. The highest BCUT2D eigenvalue weighted by Gasteiger charge is 2.30. The molecule has 0 saturated carbocycles. The van der Waals surface area contributed by atoms with E-state index >= 15 is 0 Å². The Morgan fingerprint density at radius 2 is 2.12 bits per heavy atom. The summed E-state index contributed by atoms with van der Waals surface area (Å²) in [5.74, 6) is 0.981. The Morgan fingerprint density at radius 1 is 1.35 bits per heavy atom. The molecule has 0 aliphatic carbocycles. The van der Waals surface area contributed by atoms with E-state index in [9.17, 15) is 4.79 Å². The summed E-state index contributed by atoms with van der Waals surface area (Å²) in [6.07, 6.45) is 0. The number of amidine groups is 1. The van der Waals surface area contributed by atoms with Crippen LogP contribution in [0.2, 0.25) is 0 Å². The van der Waals surface area contributed by atoms with Crippen LogP contribution in [-0.4, -0.2) is 35.1 Å². The van der Waals surface area contributed by atoms with Crippen molar-refractivity contribution in [2.75, 3.05) is 7.11 Å². The smallest absolute Gasteiger partial charge is 0.250 e. The van der Waals surface area contributed by atoms with Gasteiger partial charge in [-0.1, -0.05) is 13.8 Å². The fourth-order valence-corrected chi connectivity index (χ4v) is 1.56. The van der Waals surface area contributed by atoms with Gasteiger partial charge in [-0.05, 0) is 12.0 Å². The Morgan fingerprint density at radius 3 is 2.59 bits per heavy atom. The van der Waals surface area contributed by atoms with Gasteiger partial charge in [0.15, 0.2) is 5.84 Å². The summed E-state index contributed by atoms with van der Waals surface area (Å²) in [5.41, 5.74) is 0.544. The second-order valence-electron chi connectivity index (χ2n) is 4.12. The Hall–Kier alpha value is -1.98. The molecule has 1 unspecified atom stereocenters. The number of ether oxygens (including phenoxy) is 1. The maximum absolute atomic E-state index is 11.6. The molecule has 0 aromatic carbocycles. The van der Waals surface area contributed by atoms with Gasteiger partial charge in [-0.15, -0.1) is 10.2 Å². The fourth-order valence-electron chi connectivity index (χ4n) is 1.56. The number of hydrogen-bond acceptors (Lipinski definition) is 5. The molecule has 1 aliphatic rings. The molecular formula is C11H14N4O2. The van der Waals surface area contributed by atoms with Crippen molar-refractivity contribution in [2.24, 2.45) is 10.9 Å². The van der Waals surface area contributed by atoms with Gasteiger partial charge >= 0.3 is 0 Å². The van der Waals surface area contributed by atoms with Crippen molar-refractivity contribution in [3.8, 4) is 5.88 Å². The SMILES string of the molecule is COc1ccc(C2=NC(C(C)C)C(=O)N2)nn1. The Bertz CT molecular complexity index is 453. The third-order valence-electron chi connectivity index (χ3n) is 2.50. The van der Waals surface area contributed by atoms with Crippen molar-refractivity contribution < 1.29 is 9.53 Å². The molecule has 0 radical (unpaired) electrons. The Balaban J connectivity index is 2.23. The normalized spacial score (nSPS) is 19.2. The molecule has 90 valence electrons. The number of hydrogen-bond donors (Lipinski definition) is 1. The molecule has 1 aromatic rings. The lowest BCUT2D eigenvalue weighted by Crippen LogP contribution is -2.31. The number of nitrogens with one attached hydrogen (secondary N) is 1. The molecule has 6 nitrogen and oxygen atoms in total. The minimum atomic E-state index is -0.339. The summed E-state index contributed by atoms with van der Waals surface area (Å²) in [6, 6.07) is 3.06. The Labute approximate surface area is 99.1 Å². The van der Waals surface area contributed by atoms with Crippen LogP contribution in [0.1, 0.15) is 19.5 Å². The van der Waals surface area contributed by atoms with Gasteiger partial charge < -0.3 is 10.1 Å². The summed E-state index contributed by atoms with van der Waals surface area (Å²) >= 11 is 0. The van der Waals surface area contributed by atoms with Crippen molar-refractivity contribution in [1.82, 2.24) is 15.5 Å². The quantitative estimate of drug-likeness (QED) is 0.820. The van der Waals surface area contributed by atoms with Crippen molar-refractivity contribution in [3.05, 3.63) is 17.8 Å². The van der Waals surface area contributed by atoms with Crippen LogP contribution in [0.4, 0.5) is 0 Å². The highest BCUT2D eigenvalue weighted by molar-refractivity contribution is 6.12. The van der Waals surface area contributed by atoms with E-state index < -0.39 is 0 Å². The van der Waals surface area contributed by atoms with Crippen molar-refractivity contribution in [2.45, 2.75) is 19.9 Å². The largest absolute Gasteiger partial charge is 0.480 e. The number of methoxy groups -OCH3 is 1. The van der Waals surface area contributed by atoms with E-state index in [2.05, 4.69) is 20.5 Å². The number of rotatable bonds is 3. The third-order valence-corrected chi connectivity index (χ3v) is 2.50. The molecule has 0 spiro atoms. The van der Waals surface area contributed by atoms with E-state index in [0.717, 1.165) is 0 Å². The molecule has 1 amide bonds. The second-order valence-corrected chi connectivity index (χ2v) is 4.12. The lowest BCUT2D eigenvalue weighted by molar-refractivity contribution is -0.120. The molecule has 17 heavy (non-hydrogen) atoms. The highest BCUT2D eigenvalue weighted by Crippen LogP contribution is 2.14. The zero-order valence-corrected chi connectivity index (χ0v) is 9.97. The van der Waals surface area contributed by atoms with Crippen LogP contribution >= 0.6 is 0 Å². The first-order valence-electron chi connectivity index (χ1n) is 5.38. The number of nitrogens with zero attached hydrogens (tertiary/aromatic N) is 3. The molecule has 0 fully saturated rings. The lowest BCUT2D eigenvalue weighted by Gasteiger charge is -2.06. The Kier molecular flexibility index (Phi) is 3.03. The predicted octanol–water partition coefficient (Wildman–Crippen LogP) is 0.386. The minimum absolute atomic E-state index is 0.0902. The molecular weight excluding hydrogens is 220 g/mol. The van der Waals surface area contributed by atoms with Gasteiger partial charge in [0.25, 0.3) is 5.91 Å². The first-order valence-corrected chi connectivity index (χ1v) is 5.38. The van der Waals surface area contributed by atoms with Gasteiger partial charge in [0.1, 0.15) is 11.7 Å². The zero-order valence-electron chi connectivity index (χ0n) is 9.97. The van der Waals surface area contributed by atoms with Gasteiger partial charge in [-0.2, -0.15) is 0 Å². The van der Waals surface area contributed by atoms with Crippen LogP contribution < -0.4 is 10.1 Å². The van der Waals surface area contributed by atoms with E-state index in [0.29, 0.717) is 17.4 Å². The van der Waals surface area contributed by atoms with E-state index in [-0.39, 0.29) is 17.9 Å². The molecule has 6 heteroatoms. The summed E-state index contributed by atoms with van der Waals surface area (Å²) in [6.45, 7) is 3.91. The topological polar surface area (TPSA) is 76.5 Å². The summed E-state index contributed by atoms with van der Waals surface area (Å²) in [7, 11) is 1.52. The average molecular weight is 234 g/mol. The lowest BCUT2D eigenvalue weighted by atomic mass is 10.1. The molecule has 1 atom stereocenters. The molecule has 1 N–H and O–H groups in total. The van der Waals surface area contributed by atoms with Crippen LogP contribution in [-0.2, 0) is 4.79 Å². The van der Waals surface area contributed by atoms with Gasteiger partial charge in [0.2, 0.25) is 5.88 Å². The van der Waals surface area contributed by atoms with Crippen LogP contribution in [0.15, 0.2) is 17.1 Å². The minimum Gasteiger partial charge on any atom is -0.480 e. The zero-order chi connectivity index (χ0) is 12.4. The van der Waals surface area contributed by atoms with Crippen LogP contribution in [0.25, 0.3) is 0 Å².